The van der Waals surface area contributed by atoms with Gasteiger partial charge < -0.3 is 15.4 Å². The Labute approximate surface area is 123 Å². The van der Waals surface area contributed by atoms with Crippen molar-refractivity contribution < 1.29 is 4.74 Å². The van der Waals surface area contributed by atoms with Crippen molar-refractivity contribution in [2.75, 3.05) is 18.9 Å². The number of hydrogen-bond donors (Lipinski definition) is 2. The molecular formula is C16H17ClN2O. The van der Waals surface area contributed by atoms with Crippen molar-refractivity contribution >= 4 is 17.3 Å². The zero-order chi connectivity index (χ0) is 13.9. The molecule has 0 atom stereocenters. The van der Waals surface area contributed by atoms with Crippen molar-refractivity contribution in [2.45, 2.75) is 13.0 Å². The molecule has 2 aromatic rings. The van der Waals surface area contributed by atoms with E-state index in [1.807, 2.05) is 31.3 Å². The number of ether oxygens (including phenoxy) is 1. The van der Waals surface area contributed by atoms with Crippen LogP contribution in [0.25, 0.3) is 0 Å². The molecule has 1 heterocycles. The Balaban J connectivity index is 1.88. The molecule has 0 radical (unpaired) electrons. The number of anilines is 1. The molecule has 0 spiro atoms. The maximum absolute atomic E-state index is 6.07. The van der Waals surface area contributed by atoms with Gasteiger partial charge in [0, 0.05) is 29.4 Å². The molecule has 3 nitrogen and oxygen atoms in total. The Bertz CT molecular complexity index is 628. The van der Waals surface area contributed by atoms with E-state index in [1.165, 1.54) is 11.3 Å². The Morgan fingerprint density at radius 1 is 1.25 bits per heavy atom. The van der Waals surface area contributed by atoms with Gasteiger partial charge in [-0.25, -0.2) is 0 Å². The van der Waals surface area contributed by atoms with Crippen LogP contribution in [0.5, 0.6) is 11.5 Å². The summed E-state index contributed by atoms with van der Waals surface area (Å²) in [7, 11) is 1.92. The van der Waals surface area contributed by atoms with Crippen LogP contribution in [0, 0.1) is 0 Å². The summed E-state index contributed by atoms with van der Waals surface area (Å²) in [6.07, 6.45) is 1.05. The number of halogens is 1. The summed E-state index contributed by atoms with van der Waals surface area (Å²) < 4.78 is 6.02. The SMILES string of the molecule is CNCc1ccc(Cl)cc1Oc1ccc2c(c1)CCN2. The second-order valence-corrected chi connectivity index (χ2v) is 5.32. The van der Waals surface area contributed by atoms with Gasteiger partial charge in [0.25, 0.3) is 0 Å². The van der Waals surface area contributed by atoms with Crippen molar-refractivity contribution in [2.24, 2.45) is 0 Å². The fourth-order valence-electron chi connectivity index (χ4n) is 2.43. The molecule has 0 fully saturated rings. The van der Waals surface area contributed by atoms with E-state index in [0.29, 0.717) is 5.02 Å². The monoisotopic (exact) mass is 288 g/mol. The summed E-state index contributed by atoms with van der Waals surface area (Å²) in [4.78, 5) is 0. The summed E-state index contributed by atoms with van der Waals surface area (Å²) in [5.41, 5.74) is 3.61. The largest absolute Gasteiger partial charge is 0.457 e. The van der Waals surface area contributed by atoms with E-state index in [1.54, 1.807) is 0 Å². The highest BCUT2D eigenvalue weighted by Crippen LogP contribution is 2.32. The van der Waals surface area contributed by atoms with Gasteiger partial charge in [-0.05, 0) is 49.4 Å². The molecule has 4 heteroatoms. The molecule has 1 aliphatic rings. The molecule has 0 bridgehead atoms. The number of rotatable bonds is 4. The maximum atomic E-state index is 6.07. The van der Waals surface area contributed by atoms with Crippen LogP contribution in [0.15, 0.2) is 36.4 Å². The first-order valence-electron chi connectivity index (χ1n) is 6.74. The van der Waals surface area contributed by atoms with Gasteiger partial charge in [0.15, 0.2) is 0 Å². The van der Waals surface area contributed by atoms with Gasteiger partial charge in [-0.2, -0.15) is 0 Å². The minimum absolute atomic E-state index is 0.683. The quantitative estimate of drug-likeness (QED) is 0.897. The summed E-state index contributed by atoms with van der Waals surface area (Å²) in [6.45, 7) is 1.75. The van der Waals surface area contributed by atoms with Crippen LogP contribution in [-0.4, -0.2) is 13.6 Å². The molecule has 0 amide bonds. The highest BCUT2D eigenvalue weighted by atomic mass is 35.5. The van der Waals surface area contributed by atoms with E-state index in [0.717, 1.165) is 36.6 Å². The van der Waals surface area contributed by atoms with Crippen molar-refractivity contribution in [3.63, 3.8) is 0 Å². The normalized spacial score (nSPS) is 12.9. The average molecular weight is 289 g/mol. The van der Waals surface area contributed by atoms with Gasteiger partial charge in [0.05, 0.1) is 0 Å². The fraction of sp³-hybridized carbons (Fsp3) is 0.250. The van der Waals surface area contributed by atoms with Crippen LogP contribution in [0.4, 0.5) is 5.69 Å². The second-order valence-electron chi connectivity index (χ2n) is 4.88. The highest BCUT2D eigenvalue weighted by molar-refractivity contribution is 6.30. The molecule has 1 aliphatic heterocycles. The molecule has 0 unspecified atom stereocenters. The molecule has 0 saturated heterocycles. The number of fused-ring (bicyclic) bond motifs is 1. The number of benzene rings is 2. The van der Waals surface area contributed by atoms with E-state index >= 15 is 0 Å². The van der Waals surface area contributed by atoms with E-state index in [2.05, 4.69) is 22.8 Å². The second kappa shape index (κ2) is 5.73. The number of hydrogen-bond acceptors (Lipinski definition) is 3. The molecule has 0 aliphatic carbocycles. The van der Waals surface area contributed by atoms with E-state index in [4.69, 9.17) is 16.3 Å². The Hall–Kier alpha value is -1.71. The van der Waals surface area contributed by atoms with Gasteiger partial charge in [0.2, 0.25) is 0 Å². The lowest BCUT2D eigenvalue weighted by molar-refractivity contribution is 0.474. The van der Waals surface area contributed by atoms with Gasteiger partial charge in [-0.3, -0.25) is 0 Å². The molecule has 2 aromatic carbocycles. The van der Waals surface area contributed by atoms with E-state index < -0.39 is 0 Å². The van der Waals surface area contributed by atoms with Gasteiger partial charge >= 0.3 is 0 Å². The van der Waals surface area contributed by atoms with Gasteiger partial charge in [-0.15, -0.1) is 0 Å². The van der Waals surface area contributed by atoms with Gasteiger partial charge in [0.1, 0.15) is 11.5 Å². The summed E-state index contributed by atoms with van der Waals surface area (Å²) in [5.74, 6) is 1.66. The van der Waals surface area contributed by atoms with Crippen LogP contribution in [0.1, 0.15) is 11.1 Å². The molecule has 104 valence electrons. The Kier molecular flexibility index (Phi) is 3.81. The predicted molar refractivity (Wildman–Crippen MR) is 82.9 cm³/mol. The lowest BCUT2D eigenvalue weighted by Gasteiger charge is -2.12. The van der Waals surface area contributed by atoms with Gasteiger partial charge in [-0.1, -0.05) is 17.7 Å². The predicted octanol–water partition coefficient (Wildman–Crippen LogP) is 3.82. The topological polar surface area (TPSA) is 33.3 Å². The zero-order valence-corrected chi connectivity index (χ0v) is 12.1. The summed E-state index contributed by atoms with van der Waals surface area (Å²) >= 11 is 6.07. The fourth-order valence-corrected chi connectivity index (χ4v) is 2.59. The zero-order valence-electron chi connectivity index (χ0n) is 11.4. The number of nitrogens with one attached hydrogen (secondary N) is 2. The maximum Gasteiger partial charge on any atom is 0.133 e. The van der Waals surface area contributed by atoms with Crippen molar-refractivity contribution in [1.29, 1.82) is 0 Å². The Morgan fingerprint density at radius 2 is 2.15 bits per heavy atom. The lowest BCUT2D eigenvalue weighted by Crippen LogP contribution is -2.06. The third-order valence-electron chi connectivity index (χ3n) is 3.41. The third-order valence-corrected chi connectivity index (χ3v) is 3.65. The summed E-state index contributed by atoms with van der Waals surface area (Å²) in [5, 5.41) is 7.17. The van der Waals surface area contributed by atoms with Crippen molar-refractivity contribution in [3.05, 3.63) is 52.5 Å². The van der Waals surface area contributed by atoms with Crippen LogP contribution in [0.2, 0.25) is 5.02 Å². The smallest absolute Gasteiger partial charge is 0.133 e. The van der Waals surface area contributed by atoms with E-state index in [9.17, 15) is 0 Å². The minimum Gasteiger partial charge on any atom is -0.457 e. The standard InChI is InChI=1S/C16H17ClN2O/c1-18-10-12-2-3-13(17)9-16(12)20-14-4-5-15-11(8-14)6-7-19-15/h2-5,8-9,18-19H,6-7,10H2,1H3. The van der Waals surface area contributed by atoms with E-state index in [-0.39, 0.29) is 0 Å². The van der Waals surface area contributed by atoms with Crippen LogP contribution in [-0.2, 0) is 13.0 Å². The van der Waals surface area contributed by atoms with Crippen LogP contribution < -0.4 is 15.4 Å². The van der Waals surface area contributed by atoms with Crippen LogP contribution in [0.3, 0.4) is 0 Å². The first kappa shape index (κ1) is 13.3. The van der Waals surface area contributed by atoms with Crippen molar-refractivity contribution in [3.8, 4) is 11.5 Å². The molecule has 2 N–H and O–H groups in total. The first-order chi connectivity index (χ1) is 9.76. The first-order valence-corrected chi connectivity index (χ1v) is 7.12. The molecule has 3 rings (SSSR count). The molecule has 20 heavy (non-hydrogen) atoms. The molecule has 0 aromatic heterocycles. The van der Waals surface area contributed by atoms with Crippen molar-refractivity contribution in [1.82, 2.24) is 5.32 Å². The lowest BCUT2D eigenvalue weighted by atomic mass is 10.1. The third kappa shape index (κ3) is 2.74. The van der Waals surface area contributed by atoms with Crippen LogP contribution >= 0.6 is 11.6 Å². The Morgan fingerprint density at radius 3 is 3.00 bits per heavy atom. The minimum atomic E-state index is 0.683. The average Bonchev–Trinajstić information content (AvgIpc) is 2.89. The molecule has 0 saturated carbocycles. The molecular weight excluding hydrogens is 272 g/mol. The highest BCUT2D eigenvalue weighted by Gasteiger charge is 2.12. The summed E-state index contributed by atoms with van der Waals surface area (Å²) in [6, 6.07) is 11.9.